The summed E-state index contributed by atoms with van der Waals surface area (Å²) in [7, 11) is 0. The number of hydrogen-bond acceptors (Lipinski definition) is 2. The molecular formula is C21H16Cl2F8N2O. The molecule has 1 amide bonds. The maximum Gasteiger partial charge on any atom is 0.416 e. The molecule has 2 aromatic carbocycles. The molecule has 3 rings (SSSR count). The zero-order valence-corrected chi connectivity index (χ0v) is 18.8. The van der Waals surface area contributed by atoms with Crippen LogP contribution in [-0.4, -0.2) is 25.2 Å². The number of alkyl halides is 6. The molecule has 0 radical (unpaired) electrons. The van der Waals surface area contributed by atoms with Crippen molar-refractivity contribution in [1.29, 1.82) is 0 Å². The highest BCUT2D eigenvalue weighted by molar-refractivity contribution is 6.35. The van der Waals surface area contributed by atoms with Crippen LogP contribution in [0.25, 0.3) is 0 Å². The first kappa shape index (κ1) is 26.3. The third kappa shape index (κ3) is 4.77. The average molecular weight is 535 g/mol. The van der Waals surface area contributed by atoms with E-state index >= 15 is 0 Å². The first-order valence-electron chi connectivity index (χ1n) is 9.68. The Morgan fingerprint density at radius 3 is 2.29 bits per heavy atom. The molecule has 1 aliphatic heterocycles. The summed E-state index contributed by atoms with van der Waals surface area (Å²) in [5, 5.41) is 0.223. The van der Waals surface area contributed by atoms with Gasteiger partial charge in [0, 0.05) is 37.8 Å². The van der Waals surface area contributed by atoms with Crippen molar-refractivity contribution in [2.24, 2.45) is 0 Å². The summed E-state index contributed by atoms with van der Waals surface area (Å²) < 4.78 is 112. The van der Waals surface area contributed by atoms with E-state index in [2.05, 4.69) is 5.32 Å². The summed E-state index contributed by atoms with van der Waals surface area (Å²) in [6.07, 6.45) is -10.7. The van der Waals surface area contributed by atoms with Gasteiger partial charge in [0.2, 0.25) is 5.91 Å². The second-order valence-electron chi connectivity index (χ2n) is 7.85. The topological polar surface area (TPSA) is 32.3 Å². The van der Waals surface area contributed by atoms with E-state index in [0.717, 1.165) is 17.9 Å². The highest BCUT2D eigenvalue weighted by Crippen LogP contribution is 2.51. The number of carbonyl (C=O) groups is 1. The molecule has 0 aliphatic carbocycles. The molecule has 2 aromatic rings. The number of nitrogens with one attached hydrogen (secondary N) is 1. The van der Waals surface area contributed by atoms with E-state index in [9.17, 15) is 39.9 Å². The van der Waals surface area contributed by atoms with E-state index in [1.807, 2.05) is 0 Å². The minimum absolute atomic E-state index is 0.190. The van der Waals surface area contributed by atoms with Gasteiger partial charge < -0.3 is 10.2 Å². The average Bonchev–Trinajstić information content (AvgIpc) is 3.19. The molecule has 0 aromatic heterocycles. The Balaban J connectivity index is 2.06. The van der Waals surface area contributed by atoms with Gasteiger partial charge in [0.1, 0.15) is 16.3 Å². The molecule has 3 nitrogen and oxygen atoms in total. The van der Waals surface area contributed by atoms with Gasteiger partial charge in [0.05, 0.1) is 10.6 Å². The minimum atomic E-state index is -5.06. The highest BCUT2D eigenvalue weighted by atomic mass is 35.5. The smallest absolute Gasteiger partial charge is 0.370 e. The molecule has 0 spiro atoms. The lowest BCUT2D eigenvalue weighted by Crippen LogP contribution is -2.45. The number of benzene rings is 2. The second kappa shape index (κ2) is 9.07. The summed E-state index contributed by atoms with van der Waals surface area (Å²) in [5.41, 5.74) is -5.49. The molecule has 186 valence electrons. The van der Waals surface area contributed by atoms with Crippen molar-refractivity contribution in [1.82, 2.24) is 5.32 Å². The van der Waals surface area contributed by atoms with E-state index in [1.165, 1.54) is 6.07 Å². The summed E-state index contributed by atoms with van der Waals surface area (Å²) in [6, 6.07) is 3.41. The van der Waals surface area contributed by atoms with Crippen LogP contribution in [0.3, 0.4) is 0 Å². The highest BCUT2D eigenvalue weighted by Gasteiger charge is 2.60. The number of halogens is 10. The third-order valence-corrected chi connectivity index (χ3v) is 6.33. The Labute approximate surface area is 198 Å². The van der Waals surface area contributed by atoms with Crippen LogP contribution < -0.4 is 10.2 Å². The summed E-state index contributed by atoms with van der Waals surface area (Å²) in [5.74, 6) is -3.61. The van der Waals surface area contributed by atoms with Crippen molar-refractivity contribution in [2.75, 3.05) is 18.0 Å². The molecule has 1 fully saturated rings. The molecule has 0 saturated carbocycles. The zero-order chi connectivity index (χ0) is 25.6. The minimum Gasteiger partial charge on any atom is -0.370 e. The number of carbonyl (C=O) groups excluding carboxylic acids is 1. The van der Waals surface area contributed by atoms with E-state index in [4.69, 9.17) is 23.2 Å². The molecule has 1 unspecified atom stereocenters. The van der Waals surface area contributed by atoms with Gasteiger partial charge in [-0.05, 0) is 30.2 Å². The van der Waals surface area contributed by atoms with Crippen molar-refractivity contribution in [2.45, 2.75) is 37.7 Å². The molecule has 13 heteroatoms. The predicted molar refractivity (Wildman–Crippen MR) is 110 cm³/mol. The number of nitrogens with zero attached hydrogens (tertiary/aromatic N) is 1. The lowest BCUT2D eigenvalue weighted by Gasteiger charge is -2.33. The van der Waals surface area contributed by atoms with E-state index < -0.39 is 76.0 Å². The van der Waals surface area contributed by atoms with Crippen molar-refractivity contribution >= 4 is 34.8 Å². The van der Waals surface area contributed by atoms with Gasteiger partial charge in [-0.1, -0.05) is 29.3 Å². The lowest BCUT2D eigenvalue weighted by atomic mass is 9.78. The molecule has 1 aliphatic rings. The van der Waals surface area contributed by atoms with Crippen LogP contribution in [0, 0.1) is 11.6 Å². The number of rotatable bonds is 4. The Bertz CT molecular complexity index is 1120. The van der Waals surface area contributed by atoms with Crippen LogP contribution >= 0.6 is 23.2 Å². The fourth-order valence-corrected chi connectivity index (χ4v) is 4.41. The van der Waals surface area contributed by atoms with Crippen LogP contribution in [0.1, 0.15) is 30.0 Å². The molecule has 1 N–H and O–H groups in total. The van der Waals surface area contributed by atoms with E-state index in [-0.39, 0.29) is 17.8 Å². The number of hydrogen-bond donors (Lipinski definition) is 1. The van der Waals surface area contributed by atoms with Gasteiger partial charge in [-0.3, -0.25) is 4.79 Å². The zero-order valence-electron chi connectivity index (χ0n) is 17.3. The number of amides is 1. The van der Waals surface area contributed by atoms with Crippen LogP contribution in [0.5, 0.6) is 0 Å². The third-order valence-electron chi connectivity index (χ3n) is 5.72. The monoisotopic (exact) mass is 534 g/mol. The van der Waals surface area contributed by atoms with Crippen LogP contribution in [-0.2, 0) is 22.9 Å². The molecule has 1 saturated heterocycles. The van der Waals surface area contributed by atoms with Gasteiger partial charge >= 0.3 is 12.4 Å². The van der Waals surface area contributed by atoms with Crippen LogP contribution in [0.4, 0.5) is 40.8 Å². The Morgan fingerprint density at radius 2 is 1.74 bits per heavy atom. The van der Waals surface area contributed by atoms with Crippen molar-refractivity contribution < 1.29 is 39.9 Å². The summed E-state index contributed by atoms with van der Waals surface area (Å²) >= 11 is 11.1. The predicted octanol–water partition coefficient (Wildman–Crippen LogP) is 6.64. The molecule has 1 atom stereocenters. The summed E-state index contributed by atoms with van der Waals surface area (Å²) in [6.45, 7) is -0.646. The molecule has 34 heavy (non-hydrogen) atoms. The van der Waals surface area contributed by atoms with Crippen molar-refractivity contribution in [3.8, 4) is 0 Å². The summed E-state index contributed by atoms with van der Waals surface area (Å²) in [4.78, 5) is 12.1. The fraction of sp³-hybridized carbons (Fsp3) is 0.381. The van der Waals surface area contributed by atoms with Crippen molar-refractivity contribution in [3.05, 3.63) is 62.6 Å². The quantitative estimate of drug-likeness (QED) is 0.271. The lowest BCUT2D eigenvalue weighted by molar-refractivity contribution is -0.185. The molecular weight excluding hydrogens is 519 g/mol. The fourth-order valence-electron chi connectivity index (χ4n) is 3.95. The van der Waals surface area contributed by atoms with Gasteiger partial charge in [0.15, 0.2) is 5.82 Å². The Morgan fingerprint density at radius 1 is 1.09 bits per heavy atom. The van der Waals surface area contributed by atoms with Gasteiger partial charge in [-0.15, -0.1) is 0 Å². The van der Waals surface area contributed by atoms with E-state index in [1.54, 1.807) is 0 Å². The van der Waals surface area contributed by atoms with Crippen molar-refractivity contribution in [3.63, 3.8) is 0 Å². The maximum absolute atomic E-state index is 14.7. The molecule has 0 bridgehead atoms. The van der Waals surface area contributed by atoms with Gasteiger partial charge in [-0.2, -0.15) is 26.3 Å². The molecule has 1 heterocycles. The number of anilines is 1. The largest absolute Gasteiger partial charge is 0.416 e. The SMILES string of the molecule is CC(=O)NCc1ccc(N2CCC(c3cc(Cl)c(F)c(Cl)c3F)(C(F)(F)F)C2)cc1C(F)(F)F. The van der Waals surface area contributed by atoms with Gasteiger partial charge in [0.25, 0.3) is 0 Å². The van der Waals surface area contributed by atoms with Crippen LogP contribution in [0.15, 0.2) is 24.3 Å². The first-order valence-corrected chi connectivity index (χ1v) is 10.4. The van der Waals surface area contributed by atoms with E-state index in [0.29, 0.717) is 12.1 Å². The Hall–Kier alpha value is -2.27. The first-order chi connectivity index (χ1) is 15.6. The Kier molecular flexibility index (Phi) is 7.02. The normalized spacial score (nSPS) is 19.0. The van der Waals surface area contributed by atoms with Gasteiger partial charge in [-0.25, -0.2) is 8.78 Å². The maximum atomic E-state index is 14.7. The van der Waals surface area contributed by atoms with Crippen LogP contribution in [0.2, 0.25) is 10.0 Å². The second-order valence-corrected chi connectivity index (χ2v) is 8.63. The standard InChI is InChI=1S/C21H16Cl2F8N2O/c1-10(34)32-8-11-2-3-12(6-13(11)20(26,27)28)33-5-4-19(9-33,21(29,30)31)14-7-15(22)18(25)16(23)17(14)24/h2-3,6-7H,4-5,8-9H2,1H3,(H,32,34).